The first-order valence-electron chi connectivity index (χ1n) is 8.08. The lowest BCUT2D eigenvalue weighted by atomic mass is 10.3. The largest absolute Gasteiger partial charge is 0.383 e. The van der Waals surface area contributed by atoms with E-state index in [0.717, 1.165) is 11.3 Å². The van der Waals surface area contributed by atoms with Crippen molar-refractivity contribution in [3.63, 3.8) is 0 Å². The third-order valence-electron chi connectivity index (χ3n) is 3.55. The third-order valence-corrected chi connectivity index (χ3v) is 4.51. The van der Waals surface area contributed by atoms with Gasteiger partial charge in [-0.2, -0.15) is 0 Å². The van der Waals surface area contributed by atoms with Gasteiger partial charge in [0.1, 0.15) is 0 Å². The van der Waals surface area contributed by atoms with E-state index in [1.165, 1.54) is 11.8 Å². The number of anilines is 1. The second-order valence-corrected chi connectivity index (χ2v) is 6.34. The Bertz CT molecular complexity index is 839. The van der Waals surface area contributed by atoms with Crippen LogP contribution in [0.1, 0.15) is 0 Å². The van der Waals surface area contributed by atoms with E-state index in [1.807, 2.05) is 47.0 Å². The van der Waals surface area contributed by atoms with E-state index >= 15 is 0 Å². The zero-order valence-corrected chi connectivity index (χ0v) is 15.1. The molecule has 0 unspecified atom stereocenters. The zero-order chi connectivity index (χ0) is 18.2. The fourth-order valence-electron chi connectivity index (χ4n) is 2.34. The number of rotatable bonds is 8. The summed E-state index contributed by atoms with van der Waals surface area (Å²) in [6.07, 6.45) is 3.45. The molecule has 0 saturated carbocycles. The second-order valence-electron chi connectivity index (χ2n) is 5.40. The summed E-state index contributed by atoms with van der Waals surface area (Å²) in [5, 5.41) is 12.0. The van der Waals surface area contributed by atoms with E-state index in [4.69, 9.17) is 4.74 Å². The van der Waals surface area contributed by atoms with Crippen molar-refractivity contribution in [3.8, 4) is 11.4 Å². The molecule has 134 valence electrons. The van der Waals surface area contributed by atoms with Crippen molar-refractivity contribution in [1.82, 2.24) is 19.7 Å². The van der Waals surface area contributed by atoms with Crippen LogP contribution in [0.5, 0.6) is 0 Å². The van der Waals surface area contributed by atoms with Crippen LogP contribution in [0.3, 0.4) is 0 Å². The number of nitrogens with zero attached hydrogens (tertiary/aromatic N) is 4. The Hall–Kier alpha value is -2.71. The van der Waals surface area contributed by atoms with Crippen molar-refractivity contribution in [3.05, 3.63) is 54.9 Å². The first-order valence-corrected chi connectivity index (χ1v) is 9.06. The summed E-state index contributed by atoms with van der Waals surface area (Å²) in [6, 6.07) is 13.1. The number of carbonyl (C=O) groups is 1. The lowest BCUT2D eigenvalue weighted by molar-refractivity contribution is -0.113. The normalized spacial score (nSPS) is 10.7. The summed E-state index contributed by atoms with van der Waals surface area (Å²) in [4.78, 5) is 16.3. The number of amides is 1. The van der Waals surface area contributed by atoms with Gasteiger partial charge in [-0.25, -0.2) is 0 Å². The smallest absolute Gasteiger partial charge is 0.234 e. The summed E-state index contributed by atoms with van der Waals surface area (Å²) in [5.74, 6) is 0.860. The lowest BCUT2D eigenvalue weighted by Crippen LogP contribution is -2.15. The number of thioether (sulfide) groups is 1. The van der Waals surface area contributed by atoms with Crippen LogP contribution in [0.25, 0.3) is 11.4 Å². The second kappa shape index (κ2) is 9.12. The molecule has 0 fully saturated rings. The lowest BCUT2D eigenvalue weighted by Gasteiger charge is -2.09. The summed E-state index contributed by atoms with van der Waals surface area (Å²) >= 11 is 1.34. The maximum Gasteiger partial charge on any atom is 0.234 e. The van der Waals surface area contributed by atoms with Crippen LogP contribution < -0.4 is 5.32 Å². The number of ether oxygens (including phenoxy) is 1. The molecule has 0 aliphatic carbocycles. The highest BCUT2D eigenvalue weighted by Crippen LogP contribution is 2.23. The molecule has 2 heterocycles. The fraction of sp³-hybridized carbons (Fsp3) is 0.222. The Morgan fingerprint density at radius 3 is 2.77 bits per heavy atom. The van der Waals surface area contributed by atoms with E-state index in [0.29, 0.717) is 24.1 Å². The van der Waals surface area contributed by atoms with Crippen LogP contribution in [0, 0.1) is 0 Å². The van der Waals surface area contributed by atoms with Gasteiger partial charge in [0.2, 0.25) is 5.91 Å². The van der Waals surface area contributed by atoms with Crippen molar-refractivity contribution in [2.75, 3.05) is 24.8 Å². The predicted octanol–water partition coefficient (Wildman–Crippen LogP) is 2.72. The molecule has 0 radical (unpaired) electrons. The Morgan fingerprint density at radius 2 is 2.04 bits per heavy atom. The molecule has 7 nitrogen and oxygen atoms in total. The maximum atomic E-state index is 12.2. The molecule has 1 N–H and O–H groups in total. The van der Waals surface area contributed by atoms with Gasteiger partial charge in [-0.3, -0.25) is 14.3 Å². The molecule has 0 aliphatic heterocycles. The van der Waals surface area contributed by atoms with Crippen LogP contribution in [0.2, 0.25) is 0 Å². The van der Waals surface area contributed by atoms with E-state index in [1.54, 1.807) is 19.5 Å². The molecular formula is C18H19N5O2S. The number of carbonyl (C=O) groups excluding carboxylic acids is 1. The number of pyridine rings is 1. The number of hydrogen-bond acceptors (Lipinski definition) is 6. The van der Waals surface area contributed by atoms with Crippen molar-refractivity contribution >= 4 is 23.4 Å². The molecule has 0 saturated heterocycles. The topological polar surface area (TPSA) is 81.9 Å². The average Bonchev–Trinajstić information content (AvgIpc) is 3.09. The van der Waals surface area contributed by atoms with Crippen LogP contribution in [-0.4, -0.2) is 45.1 Å². The third kappa shape index (κ3) is 4.68. The van der Waals surface area contributed by atoms with Gasteiger partial charge in [-0.05, 0) is 24.3 Å². The minimum atomic E-state index is -0.0922. The summed E-state index contributed by atoms with van der Waals surface area (Å²) in [6.45, 7) is 1.12. The summed E-state index contributed by atoms with van der Waals surface area (Å²) in [5.41, 5.74) is 1.65. The maximum absolute atomic E-state index is 12.2. The van der Waals surface area contributed by atoms with Crippen molar-refractivity contribution in [2.24, 2.45) is 0 Å². The van der Waals surface area contributed by atoms with Gasteiger partial charge in [0.25, 0.3) is 0 Å². The summed E-state index contributed by atoms with van der Waals surface area (Å²) < 4.78 is 7.13. The molecule has 0 bridgehead atoms. The van der Waals surface area contributed by atoms with E-state index in [-0.39, 0.29) is 11.7 Å². The molecule has 3 rings (SSSR count). The van der Waals surface area contributed by atoms with Crippen LogP contribution in [0.4, 0.5) is 5.69 Å². The average molecular weight is 369 g/mol. The SMILES string of the molecule is COCCn1c(SCC(=O)Nc2ccccc2)nnc1-c1cccnc1. The molecule has 1 aromatic carbocycles. The van der Waals surface area contributed by atoms with E-state index in [9.17, 15) is 4.79 Å². The highest BCUT2D eigenvalue weighted by molar-refractivity contribution is 7.99. The standard InChI is InChI=1S/C18H19N5O2S/c1-25-11-10-23-17(14-6-5-9-19-12-14)21-22-18(23)26-13-16(24)20-15-7-3-2-4-8-15/h2-9,12H,10-11,13H2,1H3,(H,20,24). The number of para-hydroxylation sites is 1. The number of benzene rings is 1. The molecule has 0 spiro atoms. The molecule has 0 aliphatic rings. The van der Waals surface area contributed by atoms with Crippen LogP contribution in [-0.2, 0) is 16.1 Å². The highest BCUT2D eigenvalue weighted by atomic mass is 32.2. The number of methoxy groups -OCH3 is 1. The van der Waals surface area contributed by atoms with E-state index in [2.05, 4.69) is 20.5 Å². The number of hydrogen-bond donors (Lipinski definition) is 1. The summed E-state index contributed by atoms with van der Waals surface area (Å²) in [7, 11) is 1.65. The van der Waals surface area contributed by atoms with Crippen molar-refractivity contribution in [2.45, 2.75) is 11.7 Å². The Labute approximate surface area is 155 Å². The van der Waals surface area contributed by atoms with Gasteiger partial charge >= 0.3 is 0 Å². The minimum Gasteiger partial charge on any atom is -0.383 e. The van der Waals surface area contributed by atoms with Gasteiger partial charge in [-0.15, -0.1) is 10.2 Å². The van der Waals surface area contributed by atoms with Gasteiger partial charge in [0, 0.05) is 30.8 Å². The van der Waals surface area contributed by atoms with Crippen molar-refractivity contribution < 1.29 is 9.53 Å². The quantitative estimate of drug-likeness (QED) is 0.615. The van der Waals surface area contributed by atoms with Crippen LogP contribution in [0.15, 0.2) is 60.0 Å². The molecule has 0 atom stereocenters. The first kappa shape index (κ1) is 18.1. The first-order chi connectivity index (χ1) is 12.8. The number of aromatic nitrogens is 4. The Balaban J connectivity index is 1.71. The molecule has 2 aromatic heterocycles. The minimum absolute atomic E-state index is 0.0922. The molecule has 8 heteroatoms. The van der Waals surface area contributed by atoms with Gasteiger partial charge < -0.3 is 10.1 Å². The van der Waals surface area contributed by atoms with Gasteiger partial charge in [0.15, 0.2) is 11.0 Å². The van der Waals surface area contributed by atoms with Crippen LogP contribution >= 0.6 is 11.8 Å². The molecular weight excluding hydrogens is 350 g/mol. The monoisotopic (exact) mass is 369 g/mol. The molecule has 26 heavy (non-hydrogen) atoms. The highest BCUT2D eigenvalue weighted by Gasteiger charge is 2.15. The predicted molar refractivity (Wildman–Crippen MR) is 101 cm³/mol. The van der Waals surface area contributed by atoms with Gasteiger partial charge in [-0.1, -0.05) is 30.0 Å². The fourth-order valence-corrected chi connectivity index (χ4v) is 3.10. The zero-order valence-electron chi connectivity index (χ0n) is 14.3. The van der Waals surface area contributed by atoms with E-state index < -0.39 is 0 Å². The molecule has 1 amide bonds. The Morgan fingerprint density at radius 1 is 1.19 bits per heavy atom. The molecule has 3 aromatic rings. The van der Waals surface area contributed by atoms with Gasteiger partial charge in [0.05, 0.1) is 18.9 Å². The number of nitrogens with one attached hydrogen (secondary N) is 1. The van der Waals surface area contributed by atoms with Crippen molar-refractivity contribution in [1.29, 1.82) is 0 Å². The Kier molecular flexibility index (Phi) is 6.34.